The Morgan fingerprint density at radius 1 is 1.31 bits per heavy atom. The summed E-state index contributed by atoms with van der Waals surface area (Å²) in [5.74, 6) is -0.450. The van der Waals surface area contributed by atoms with E-state index < -0.39 is 35.8 Å². The van der Waals surface area contributed by atoms with Crippen molar-refractivity contribution >= 4 is 17.4 Å². The predicted molar refractivity (Wildman–Crippen MR) is 101 cm³/mol. The zero-order valence-corrected chi connectivity index (χ0v) is 17.1. The van der Waals surface area contributed by atoms with Crippen LogP contribution in [-0.4, -0.2) is 62.1 Å². The number of hydrogen-bond donors (Lipinski definition) is 2. The molecule has 2 aliphatic rings. The van der Waals surface area contributed by atoms with Gasteiger partial charge in [0.15, 0.2) is 11.6 Å². The smallest absolute Gasteiger partial charge is 0.413 e. The van der Waals surface area contributed by atoms with E-state index in [1.807, 2.05) is 19.9 Å². The Morgan fingerprint density at radius 2 is 2.03 bits per heavy atom. The topological polar surface area (TPSA) is 116 Å². The molecule has 4 rings (SSSR count). The Labute approximate surface area is 168 Å². The summed E-state index contributed by atoms with van der Waals surface area (Å²) in [6.07, 6.45) is -1.03. The number of anilines is 1. The summed E-state index contributed by atoms with van der Waals surface area (Å²) in [6.45, 7) is 8.84. The van der Waals surface area contributed by atoms with Crippen molar-refractivity contribution in [1.29, 1.82) is 0 Å². The molecule has 2 saturated heterocycles. The van der Waals surface area contributed by atoms with E-state index in [1.165, 1.54) is 6.33 Å². The van der Waals surface area contributed by atoms with Crippen LogP contribution in [0.15, 0.2) is 18.5 Å². The van der Waals surface area contributed by atoms with Gasteiger partial charge in [0.1, 0.15) is 41.9 Å². The number of fused-ring (bicyclic) bond motifs is 2. The van der Waals surface area contributed by atoms with Crippen LogP contribution in [0, 0.1) is 0 Å². The molecule has 4 atom stereocenters. The van der Waals surface area contributed by atoms with Gasteiger partial charge in [-0.1, -0.05) is 0 Å². The van der Waals surface area contributed by atoms with Gasteiger partial charge >= 0.3 is 6.09 Å². The fourth-order valence-corrected chi connectivity index (χ4v) is 3.73. The Hall–Kier alpha value is -2.27. The first kappa shape index (κ1) is 20.0. The number of nitrogens with zero attached hydrogens (tertiary/aromatic N) is 3. The molecule has 2 N–H and O–H groups in total. The second-order valence-corrected chi connectivity index (χ2v) is 8.63. The van der Waals surface area contributed by atoms with Crippen LogP contribution < -0.4 is 5.32 Å². The van der Waals surface area contributed by atoms with Gasteiger partial charge in [0.05, 0.1) is 12.3 Å². The van der Waals surface area contributed by atoms with Gasteiger partial charge in [0.2, 0.25) is 0 Å². The Balaban J connectivity index is 1.64. The lowest BCUT2D eigenvalue weighted by molar-refractivity contribution is -0.191. The van der Waals surface area contributed by atoms with Gasteiger partial charge in [-0.25, -0.2) is 14.3 Å². The van der Waals surface area contributed by atoms with Crippen molar-refractivity contribution in [2.24, 2.45) is 0 Å². The molecule has 2 aliphatic heterocycles. The van der Waals surface area contributed by atoms with Gasteiger partial charge in [0.25, 0.3) is 0 Å². The fourth-order valence-electron chi connectivity index (χ4n) is 3.73. The number of aromatic nitrogens is 3. The number of aliphatic hydroxyl groups excluding tert-OH is 1. The maximum absolute atomic E-state index is 12.1. The number of rotatable bonds is 3. The zero-order chi connectivity index (χ0) is 21.0. The van der Waals surface area contributed by atoms with Crippen molar-refractivity contribution in [2.45, 2.75) is 70.4 Å². The van der Waals surface area contributed by atoms with Crippen LogP contribution in [0.3, 0.4) is 0 Å². The highest BCUT2D eigenvalue weighted by molar-refractivity contribution is 5.88. The molecule has 0 bridgehead atoms. The molecule has 0 radical (unpaired) electrons. The van der Waals surface area contributed by atoms with E-state index >= 15 is 0 Å². The van der Waals surface area contributed by atoms with Crippen molar-refractivity contribution < 1.29 is 28.8 Å². The van der Waals surface area contributed by atoms with Crippen LogP contribution in [0.5, 0.6) is 0 Å². The minimum atomic E-state index is -0.768. The molecule has 0 saturated carbocycles. The summed E-state index contributed by atoms with van der Waals surface area (Å²) in [5, 5.41) is 16.7. The number of hydrogen-bond acceptors (Lipinski definition) is 8. The number of carbonyl (C=O) groups is 1. The van der Waals surface area contributed by atoms with E-state index in [-0.39, 0.29) is 12.7 Å². The fraction of sp³-hybridized carbons (Fsp3) is 0.632. The molecule has 1 amide bonds. The van der Waals surface area contributed by atoms with Gasteiger partial charge in [-0.3, -0.25) is 5.32 Å². The third-order valence-corrected chi connectivity index (χ3v) is 4.72. The molecule has 0 aliphatic carbocycles. The van der Waals surface area contributed by atoms with Crippen molar-refractivity contribution in [1.82, 2.24) is 14.6 Å². The second-order valence-electron chi connectivity index (χ2n) is 8.63. The van der Waals surface area contributed by atoms with Crippen LogP contribution >= 0.6 is 0 Å². The van der Waals surface area contributed by atoms with Crippen LogP contribution in [0.25, 0.3) is 5.52 Å². The normalized spacial score (nSPS) is 28.5. The summed E-state index contributed by atoms with van der Waals surface area (Å²) in [4.78, 5) is 16.3. The molecule has 2 aromatic rings. The molecule has 2 aromatic heterocycles. The van der Waals surface area contributed by atoms with Crippen molar-refractivity contribution in [2.75, 3.05) is 11.9 Å². The number of nitrogens with one attached hydrogen (secondary N) is 1. The van der Waals surface area contributed by atoms with Crippen molar-refractivity contribution in [3.8, 4) is 0 Å². The lowest BCUT2D eigenvalue weighted by Gasteiger charge is -2.23. The number of amides is 1. The molecule has 0 unspecified atom stereocenters. The molecule has 10 heteroatoms. The summed E-state index contributed by atoms with van der Waals surface area (Å²) in [6, 6.07) is 3.62. The van der Waals surface area contributed by atoms with Crippen molar-refractivity contribution in [3.63, 3.8) is 0 Å². The minimum Gasteiger partial charge on any atom is -0.444 e. The van der Waals surface area contributed by atoms with Gasteiger partial charge in [0, 0.05) is 0 Å². The van der Waals surface area contributed by atoms with Crippen LogP contribution in [0.1, 0.15) is 46.4 Å². The third kappa shape index (κ3) is 3.80. The third-order valence-electron chi connectivity index (χ3n) is 4.72. The number of carbonyl (C=O) groups excluding carboxylic acids is 1. The number of ether oxygens (including phenoxy) is 4. The highest BCUT2D eigenvalue weighted by Crippen LogP contribution is 2.45. The molecule has 4 heterocycles. The largest absolute Gasteiger partial charge is 0.444 e. The van der Waals surface area contributed by atoms with E-state index in [9.17, 15) is 9.90 Å². The van der Waals surface area contributed by atoms with E-state index in [0.29, 0.717) is 17.0 Å². The highest BCUT2D eigenvalue weighted by Gasteiger charge is 2.56. The summed E-state index contributed by atoms with van der Waals surface area (Å²) < 4.78 is 24.9. The first-order valence-corrected chi connectivity index (χ1v) is 9.52. The van der Waals surface area contributed by atoms with Gasteiger partial charge in [-0.2, -0.15) is 5.10 Å². The lowest BCUT2D eigenvalue weighted by Crippen LogP contribution is -2.31. The van der Waals surface area contributed by atoms with E-state index in [1.54, 1.807) is 31.4 Å². The van der Waals surface area contributed by atoms with E-state index in [2.05, 4.69) is 15.4 Å². The first-order chi connectivity index (χ1) is 13.6. The average Bonchev–Trinajstić information content (AvgIpc) is 3.24. The summed E-state index contributed by atoms with van der Waals surface area (Å²) >= 11 is 0. The molecule has 0 aromatic carbocycles. The molecular weight excluding hydrogens is 380 g/mol. The number of aliphatic hydroxyl groups is 1. The Morgan fingerprint density at radius 3 is 2.72 bits per heavy atom. The van der Waals surface area contributed by atoms with Crippen LogP contribution in [0.2, 0.25) is 0 Å². The molecule has 158 valence electrons. The second kappa shape index (κ2) is 6.91. The lowest BCUT2D eigenvalue weighted by atomic mass is 10.1. The molecule has 2 fully saturated rings. The summed E-state index contributed by atoms with van der Waals surface area (Å²) in [5.41, 5.74) is 0.667. The molecule has 10 nitrogen and oxygen atoms in total. The quantitative estimate of drug-likeness (QED) is 0.795. The first-order valence-electron chi connectivity index (χ1n) is 9.52. The van der Waals surface area contributed by atoms with Crippen LogP contribution in [0.4, 0.5) is 10.6 Å². The van der Waals surface area contributed by atoms with Gasteiger partial charge in [-0.05, 0) is 46.8 Å². The molecule has 0 spiro atoms. The van der Waals surface area contributed by atoms with Gasteiger partial charge in [-0.15, -0.1) is 0 Å². The Kier molecular flexibility index (Phi) is 4.77. The van der Waals surface area contributed by atoms with Crippen molar-refractivity contribution in [3.05, 3.63) is 24.2 Å². The molecular formula is C19H26N4O6. The van der Waals surface area contributed by atoms with E-state index in [4.69, 9.17) is 18.9 Å². The predicted octanol–water partition coefficient (Wildman–Crippen LogP) is 2.03. The zero-order valence-electron chi connectivity index (χ0n) is 17.1. The maximum Gasteiger partial charge on any atom is 0.413 e. The van der Waals surface area contributed by atoms with Gasteiger partial charge < -0.3 is 24.1 Å². The standard InChI is InChI=1S/C19H26N4O6/c1-18(2,3)29-17(25)22-16-11-7-6-10(23(11)21-9-20-16)13-15-14(12(8-24)26-13)27-19(4,5)28-15/h6-7,9,12-15,24H,8H2,1-5H3,(H,20,21,22,25)/t12-,13+,14-,15+/m1/s1. The Bertz CT molecular complexity index is 921. The highest BCUT2D eigenvalue weighted by atomic mass is 16.8. The monoisotopic (exact) mass is 406 g/mol. The average molecular weight is 406 g/mol. The minimum absolute atomic E-state index is 0.180. The van der Waals surface area contributed by atoms with Crippen LogP contribution in [-0.2, 0) is 18.9 Å². The summed E-state index contributed by atoms with van der Waals surface area (Å²) in [7, 11) is 0. The SMILES string of the molecule is CC(C)(C)OC(=O)Nc1ncnn2c([C@@H]3O[C@H](CO)[C@H]4OC(C)(C)O[C@H]43)ccc12. The van der Waals surface area contributed by atoms with E-state index in [0.717, 1.165) is 0 Å². The molecule has 29 heavy (non-hydrogen) atoms. The maximum atomic E-state index is 12.1.